The summed E-state index contributed by atoms with van der Waals surface area (Å²) >= 11 is 5.20. The second-order valence-corrected chi connectivity index (χ2v) is 4.52. The van der Waals surface area contributed by atoms with Crippen LogP contribution in [0.1, 0.15) is 27.7 Å². The Labute approximate surface area is 98.0 Å². The van der Waals surface area contributed by atoms with E-state index in [0.717, 1.165) is 11.5 Å². The van der Waals surface area contributed by atoms with Gasteiger partial charge in [0.1, 0.15) is 4.99 Å². The molecule has 2 aliphatic rings. The average Bonchev–Trinajstić information content (AvgIpc) is 2.46. The van der Waals surface area contributed by atoms with Crippen molar-refractivity contribution in [3.63, 3.8) is 0 Å². The summed E-state index contributed by atoms with van der Waals surface area (Å²) in [7, 11) is 0. The van der Waals surface area contributed by atoms with Gasteiger partial charge in [-0.15, -0.1) is 0 Å². The van der Waals surface area contributed by atoms with Crippen LogP contribution in [0.3, 0.4) is 0 Å². The molecule has 1 heterocycles. The van der Waals surface area contributed by atoms with Crippen LogP contribution in [-0.4, -0.2) is 11.5 Å². The summed E-state index contributed by atoms with van der Waals surface area (Å²) in [6, 6.07) is 0. The number of thiocarbonyl (C=S) groups is 1. The fourth-order valence-electron chi connectivity index (χ4n) is 1.71. The van der Waals surface area contributed by atoms with Crippen molar-refractivity contribution in [3.8, 4) is 0 Å². The van der Waals surface area contributed by atoms with Gasteiger partial charge in [0.2, 0.25) is 0 Å². The number of hydrogen-bond donors (Lipinski definition) is 1. The zero-order valence-electron chi connectivity index (χ0n) is 9.92. The molecule has 0 radical (unpaired) electrons. The molecular formula is C13H19NS. The van der Waals surface area contributed by atoms with Crippen molar-refractivity contribution in [2.45, 2.75) is 27.7 Å². The Kier molecular flexibility index (Phi) is 3.86. The van der Waals surface area contributed by atoms with Gasteiger partial charge in [-0.2, -0.15) is 0 Å². The van der Waals surface area contributed by atoms with Crippen LogP contribution < -0.4 is 5.32 Å². The summed E-state index contributed by atoms with van der Waals surface area (Å²) in [5.74, 6) is 0. The lowest BCUT2D eigenvalue weighted by Gasteiger charge is -2.14. The molecule has 1 fully saturated rings. The molecule has 1 aliphatic heterocycles. The Morgan fingerprint density at radius 1 is 1.33 bits per heavy atom. The third kappa shape index (κ3) is 2.78. The van der Waals surface area contributed by atoms with Crippen molar-refractivity contribution in [1.82, 2.24) is 5.32 Å². The minimum Gasteiger partial charge on any atom is -0.372 e. The second kappa shape index (κ2) is 4.75. The number of fused-ring (bicyclic) bond motifs is 1. The highest BCUT2D eigenvalue weighted by Crippen LogP contribution is 2.29. The molecule has 1 aliphatic carbocycles. The lowest BCUT2D eigenvalue weighted by molar-refractivity contribution is 0.622. The highest BCUT2D eigenvalue weighted by Gasteiger charge is 2.22. The molecule has 15 heavy (non-hydrogen) atoms. The van der Waals surface area contributed by atoms with Crippen LogP contribution in [0, 0.1) is 5.41 Å². The minimum absolute atomic E-state index is 0.148. The standard InChI is InChI=1S/C11H13NS.C2H6/c1-11(2)5-3-4-9-8(6-11)7-12-10(9)13;1-2/h3-6H,7H2,1-2H3,(H,12,13);1-2H3. The first-order valence-electron chi connectivity index (χ1n) is 5.48. The summed E-state index contributed by atoms with van der Waals surface area (Å²) < 4.78 is 0. The third-order valence-corrected chi connectivity index (χ3v) is 2.73. The lowest BCUT2D eigenvalue weighted by atomic mass is 9.91. The predicted octanol–water partition coefficient (Wildman–Crippen LogP) is 3.39. The molecule has 0 aromatic heterocycles. The number of nitrogens with one attached hydrogen (secondary N) is 1. The van der Waals surface area contributed by atoms with Gasteiger partial charge in [-0.25, -0.2) is 0 Å². The molecule has 0 saturated carbocycles. The first kappa shape index (κ1) is 12.2. The van der Waals surface area contributed by atoms with Crippen molar-refractivity contribution in [3.05, 3.63) is 35.5 Å². The van der Waals surface area contributed by atoms with Gasteiger partial charge in [0, 0.05) is 17.5 Å². The lowest BCUT2D eigenvalue weighted by Crippen LogP contribution is -2.12. The molecule has 1 nitrogen and oxygen atoms in total. The Morgan fingerprint density at radius 2 is 2.00 bits per heavy atom. The predicted molar refractivity (Wildman–Crippen MR) is 71.0 cm³/mol. The van der Waals surface area contributed by atoms with Gasteiger partial charge in [0.25, 0.3) is 0 Å². The van der Waals surface area contributed by atoms with E-state index in [9.17, 15) is 0 Å². The number of allylic oxidation sites excluding steroid dienone is 4. The van der Waals surface area contributed by atoms with E-state index >= 15 is 0 Å². The van der Waals surface area contributed by atoms with Crippen molar-refractivity contribution in [2.24, 2.45) is 5.41 Å². The van der Waals surface area contributed by atoms with Gasteiger partial charge in [-0.05, 0) is 5.57 Å². The third-order valence-electron chi connectivity index (χ3n) is 2.36. The van der Waals surface area contributed by atoms with Crippen molar-refractivity contribution in [1.29, 1.82) is 0 Å². The maximum absolute atomic E-state index is 5.20. The van der Waals surface area contributed by atoms with Crippen LogP contribution in [0.15, 0.2) is 35.5 Å². The molecule has 0 aromatic carbocycles. The number of rotatable bonds is 0. The van der Waals surface area contributed by atoms with E-state index in [1.54, 1.807) is 0 Å². The van der Waals surface area contributed by atoms with Crippen LogP contribution in [0.2, 0.25) is 0 Å². The Bertz CT molecular complexity index is 346. The van der Waals surface area contributed by atoms with Crippen molar-refractivity contribution >= 4 is 17.2 Å². The Morgan fingerprint density at radius 3 is 2.67 bits per heavy atom. The van der Waals surface area contributed by atoms with E-state index in [1.807, 2.05) is 13.8 Å². The molecule has 0 amide bonds. The first-order chi connectivity index (χ1) is 7.08. The van der Waals surface area contributed by atoms with Gasteiger partial charge in [-0.3, -0.25) is 0 Å². The molecule has 82 valence electrons. The topological polar surface area (TPSA) is 12.0 Å². The molecule has 0 unspecified atom stereocenters. The molecule has 0 aromatic rings. The second-order valence-electron chi connectivity index (χ2n) is 4.11. The van der Waals surface area contributed by atoms with E-state index < -0.39 is 0 Å². The van der Waals surface area contributed by atoms with Crippen molar-refractivity contribution in [2.75, 3.05) is 6.54 Å². The molecule has 0 spiro atoms. The highest BCUT2D eigenvalue weighted by atomic mass is 32.1. The highest BCUT2D eigenvalue weighted by molar-refractivity contribution is 7.80. The smallest absolute Gasteiger partial charge is 0.107 e. The molecule has 1 N–H and O–H groups in total. The maximum atomic E-state index is 5.20. The van der Waals surface area contributed by atoms with Gasteiger partial charge in [0.15, 0.2) is 0 Å². The van der Waals surface area contributed by atoms with Crippen LogP contribution >= 0.6 is 12.2 Å². The minimum atomic E-state index is 0.148. The van der Waals surface area contributed by atoms with E-state index in [-0.39, 0.29) is 5.41 Å². The molecule has 2 rings (SSSR count). The fourth-order valence-corrected chi connectivity index (χ4v) is 1.98. The summed E-state index contributed by atoms with van der Waals surface area (Å²) in [4.78, 5) is 0.883. The largest absolute Gasteiger partial charge is 0.372 e. The normalized spacial score (nSPS) is 21.5. The quantitative estimate of drug-likeness (QED) is 0.629. The zero-order valence-corrected chi connectivity index (χ0v) is 10.7. The fraction of sp³-hybridized carbons (Fsp3) is 0.462. The first-order valence-corrected chi connectivity index (χ1v) is 5.89. The zero-order chi connectivity index (χ0) is 11.5. The van der Waals surface area contributed by atoms with Crippen LogP contribution in [0.25, 0.3) is 0 Å². The molecule has 1 saturated heterocycles. The average molecular weight is 221 g/mol. The molecule has 0 atom stereocenters. The van der Waals surface area contributed by atoms with Crippen LogP contribution in [0.5, 0.6) is 0 Å². The molecular weight excluding hydrogens is 202 g/mol. The van der Waals surface area contributed by atoms with E-state index in [4.69, 9.17) is 12.2 Å². The van der Waals surface area contributed by atoms with Gasteiger partial charge < -0.3 is 5.32 Å². The maximum Gasteiger partial charge on any atom is 0.107 e. The van der Waals surface area contributed by atoms with Crippen LogP contribution in [0.4, 0.5) is 0 Å². The summed E-state index contributed by atoms with van der Waals surface area (Å²) in [6.45, 7) is 9.29. The monoisotopic (exact) mass is 221 g/mol. The van der Waals surface area contributed by atoms with E-state index in [0.29, 0.717) is 0 Å². The molecule has 2 heteroatoms. The summed E-state index contributed by atoms with van der Waals surface area (Å²) in [5, 5.41) is 3.19. The Balaban J connectivity index is 0.000000531. The van der Waals surface area contributed by atoms with Crippen LogP contribution in [-0.2, 0) is 0 Å². The summed E-state index contributed by atoms with van der Waals surface area (Å²) in [5.41, 5.74) is 2.67. The Hall–Kier alpha value is -0.890. The molecule has 0 bridgehead atoms. The number of hydrogen-bond acceptors (Lipinski definition) is 1. The summed E-state index contributed by atoms with van der Waals surface area (Å²) in [6.07, 6.45) is 8.68. The van der Waals surface area contributed by atoms with Gasteiger partial charge >= 0.3 is 0 Å². The van der Waals surface area contributed by atoms with Crippen molar-refractivity contribution < 1.29 is 0 Å². The van der Waals surface area contributed by atoms with E-state index in [1.165, 1.54) is 11.1 Å². The van der Waals surface area contributed by atoms with Gasteiger partial charge in [-0.1, -0.05) is 64.2 Å². The van der Waals surface area contributed by atoms with E-state index in [2.05, 4.69) is 43.5 Å². The SMILES string of the molecule is CC.CC1(C)C=CC=C2C(=S)NCC2=C1. The van der Waals surface area contributed by atoms with Gasteiger partial charge in [0.05, 0.1) is 0 Å².